The van der Waals surface area contributed by atoms with E-state index in [1.807, 2.05) is 49.4 Å². The second-order valence-electron chi connectivity index (χ2n) is 4.73. The highest BCUT2D eigenvalue weighted by Crippen LogP contribution is 2.22. The van der Waals surface area contributed by atoms with E-state index in [4.69, 9.17) is 0 Å². The third-order valence-electron chi connectivity index (χ3n) is 3.33. The van der Waals surface area contributed by atoms with Crippen LogP contribution in [0.15, 0.2) is 53.3 Å². The first-order chi connectivity index (χ1) is 9.70. The van der Waals surface area contributed by atoms with Gasteiger partial charge in [-0.05, 0) is 30.7 Å². The minimum absolute atomic E-state index is 0.161. The number of aromatic amines is 1. The first kappa shape index (κ1) is 12.2. The molecule has 3 heteroatoms. The van der Waals surface area contributed by atoms with E-state index in [0.717, 1.165) is 16.6 Å². The molecular formula is C17H12N2O. The molecule has 3 rings (SSSR count). The van der Waals surface area contributed by atoms with E-state index < -0.39 is 0 Å². The minimum Gasteiger partial charge on any atom is -0.353 e. The van der Waals surface area contributed by atoms with Gasteiger partial charge in [-0.2, -0.15) is 5.26 Å². The van der Waals surface area contributed by atoms with Crippen LogP contribution in [-0.2, 0) is 0 Å². The van der Waals surface area contributed by atoms with Crippen LogP contribution >= 0.6 is 0 Å². The van der Waals surface area contributed by atoms with E-state index in [0.29, 0.717) is 11.1 Å². The highest BCUT2D eigenvalue weighted by Gasteiger charge is 2.12. The molecule has 0 amide bonds. The van der Waals surface area contributed by atoms with Crippen molar-refractivity contribution >= 4 is 10.9 Å². The maximum absolute atomic E-state index is 12.4. The van der Waals surface area contributed by atoms with Crippen LogP contribution < -0.4 is 5.43 Å². The van der Waals surface area contributed by atoms with Gasteiger partial charge in [0, 0.05) is 10.9 Å². The molecule has 3 aromatic rings. The van der Waals surface area contributed by atoms with E-state index in [1.54, 1.807) is 12.1 Å². The van der Waals surface area contributed by atoms with Crippen molar-refractivity contribution in [1.82, 2.24) is 4.98 Å². The van der Waals surface area contributed by atoms with Gasteiger partial charge >= 0.3 is 0 Å². The number of aromatic nitrogens is 1. The first-order valence-corrected chi connectivity index (χ1v) is 6.33. The zero-order valence-corrected chi connectivity index (χ0v) is 11.0. The summed E-state index contributed by atoms with van der Waals surface area (Å²) in [4.78, 5) is 15.6. The molecule has 0 aliphatic heterocycles. The van der Waals surface area contributed by atoms with Crippen molar-refractivity contribution in [2.24, 2.45) is 0 Å². The van der Waals surface area contributed by atoms with Crippen LogP contribution in [0.1, 0.15) is 11.1 Å². The first-order valence-electron chi connectivity index (χ1n) is 6.33. The Bertz CT molecular complexity index is 901. The average molecular weight is 260 g/mol. The van der Waals surface area contributed by atoms with Crippen molar-refractivity contribution in [2.45, 2.75) is 6.92 Å². The van der Waals surface area contributed by atoms with Gasteiger partial charge in [0.2, 0.25) is 5.43 Å². The lowest BCUT2D eigenvalue weighted by Gasteiger charge is -2.07. The maximum Gasteiger partial charge on any atom is 0.207 e. The van der Waals surface area contributed by atoms with Gasteiger partial charge in [0.1, 0.15) is 11.6 Å². The summed E-state index contributed by atoms with van der Waals surface area (Å²) < 4.78 is 0. The topological polar surface area (TPSA) is 56.6 Å². The summed E-state index contributed by atoms with van der Waals surface area (Å²) in [5.41, 5.74) is 3.20. The number of nitrogens with zero attached hydrogens (tertiary/aromatic N) is 1. The van der Waals surface area contributed by atoms with Gasteiger partial charge in [-0.15, -0.1) is 0 Å². The monoisotopic (exact) mass is 260 g/mol. The molecule has 96 valence electrons. The molecule has 0 bridgehead atoms. The average Bonchev–Trinajstić information content (AvgIpc) is 2.47. The molecule has 0 saturated heterocycles. The molecule has 1 heterocycles. The highest BCUT2D eigenvalue weighted by atomic mass is 16.1. The molecule has 0 fully saturated rings. The fraction of sp³-hybridized carbons (Fsp3) is 0.0588. The normalized spacial score (nSPS) is 10.4. The Morgan fingerprint density at radius 3 is 2.65 bits per heavy atom. The molecule has 0 atom stereocenters. The van der Waals surface area contributed by atoms with Crippen LogP contribution in [0.25, 0.3) is 22.2 Å². The number of rotatable bonds is 1. The number of para-hydroxylation sites is 1. The molecule has 1 N–H and O–H groups in total. The lowest BCUT2D eigenvalue weighted by atomic mass is 10.0. The third-order valence-corrected chi connectivity index (χ3v) is 3.33. The Morgan fingerprint density at radius 2 is 1.90 bits per heavy atom. The molecule has 0 radical (unpaired) electrons. The van der Waals surface area contributed by atoms with Gasteiger partial charge in [0.05, 0.1) is 5.69 Å². The van der Waals surface area contributed by atoms with E-state index in [2.05, 4.69) is 4.98 Å². The number of benzene rings is 2. The number of hydrogen-bond donors (Lipinski definition) is 1. The number of pyridine rings is 1. The maximum atomic E-state index is 12.4. The minimum atomic E-state index is -0.224. The smallest absolute Gasteiger partial charge is 0.207 e. The number of fused-ring (bicyclic) bond motifs is 1. The summed E-state index contributed by atoms with van der Waals surface area (Å²) in [6, 6.07) is 17.0. The van der Waals surface area contributed by atoms with Crippen LogP contribution in [0.4, 0.5) is 0 Å². The summed E-state index contributed by atoms with van der Waals surface area (Å²) in [5.74, 6) is 0. The summed E-state index contributed by atoms with van der Waals surface area (Å²) in [6.07, 6.45) is 0. The quantitative estimate of drug-likeness (QED) is 0.729. The van der Waals surface area contributed by atoms with Gasteiger partial charge in [-0.3, -0.25) is 4.79 Å². The van der Waals surface area contributed by atoms with Crippen LogP contribution in [0.5, 0.6) is 0 Å². The van der Waals surface area contributed by atoms with Crippen molar-refractivity contribution < 1.29 is 0 Å². The molecular weight excluding hydrogens is 248 g/mol. The van der Waals surface area contributed by atoms with Gasteiger partial charge in [-0.1, -0.05) is 35.9 Å². The van der Waals surface area contributed by atoms with Gasteiger partial charge in [0.15, 0.2) is 0 Å². The molecule has 20 heavy (non-hydrogen) atoms. The van der Waals surface area contributed by atoms with Crippen molar-refractivity contribution in [3.05, 3.63) is 69.9 Å². The molecule has 3 nitrogen and oxygen atoms in total. The number of H-pyrrole nitrogens is 1. The van der Waals surface area contributed by atoms with Crippen LogP contribution in [0.2, 0.25) is 0 Å². The molecule has 0 saturated carbocycles. The van der Waals surface area contributed by atoms with Crippen molar-refractivity contribution in [3.63, 3.8) is 0 Å². The fourth-order valence-electron chi connectivity index (χ4n) is 2.36. The SMILES string of the molecule is Cc1cccc(-c2[nH]c3ccccc3c(=O)c2C#N)c1. The second kappa shape index (κ2) is 4.67. The Hall–Kier alpha value is -2.86. The zero-order chi connectivity index (χ0) is 14.1. The molecule has 0 unspecified atom stereocenters. The van der Waals surface area contributed by atoms with Crippen LogP contribution in [0, 0.1) is 18.3 Å². The number of hydrogen-bond acceptors (Lipinski definition) is 2. The Labute approximate surface area is 116 Å². The van der Waals surface area contributed by atoms with E-state index in [1.165, 1.54) is 0 Å². The van der Waals surface area contributed by atoms with Gasteiger partial charge < -0.3 is 4.98 Å². The predicted molar refractivity (Wildman–Crippen MR) is 79.5 cm³/mol. The lowest BCUT2D eigenvalue weighted by Crippen LogP contribution is -2.10. The molecule has 2 aromatic carbocycles. The Balaban J connectivity index is 2.42. The zero-order valence-electron chi connectivity index (χ0n) is 11.0. The van der Waals surface area contributed by atoms with Crippen molar-refractivity contribution in [3.8, 4) is 17.3 Å². The number of aryl methyl sites for hydroxylation is 1. The van der Waals surface area contributed by atoms with Gasteiger partial charge in [0.25, 0.3) is 0 Å². The Kier molecular flexibility index (Phi) is 2.85. The van der Waals surface area contributed by atoms with Crippen molar-refractivity contribution in [2.75, 3.05) is 0 Å². The highest BCUT2D eigenvalue weighted by molar-refractivity contribution is 5.84. The summed E-state index contributed by atoms with van der Waals surface area (Å²) in [7, 11) is 0. The number of nitriles is 1. The predicted octanol–water partition coefficient (Wildman–Crippen LogP) is 3.38. The molecule has 0 aliphatic rings. The van der Waals surface area contributed by atoms with Crippen molar-refractivity contribution in [1.29, 1.82) is 5.26 Å². The van der Waals surface area contributed by atoms with Crippen LogP contribution in [-0.4, -0.2) is 4.98 Å². The molecule has 1 aromatic heterocycles. The summed E-state index contributed by atoms with van der Waals surface area (Å²) >= 11 is 0. The largest absolute Gasteiger partial charge is 0.353 e. The third kappa shape index (κ3) is 1.88. The molecule has 0 spiro atoms. The summed E-state index contributed by atoms with van der Waals surface area (Å²) in [5, 5.41) is 9.86. The van der Waals surface area contributed by atoms with E-state index >= 15 is 0 Å². The fourth-order valence-corrected chi connectivity index (χ4v) is 2.36. The second-order valence-corrected chi connectivity index (χ2v) is 4.73. The van der Waals surface area contributed by atoms with E-state index in [-0.39, 0.29) is 11.0 Å². The summed E-state index contributed by atoms with van der Waals surface area (Å²) in [6.45, 7) is 1.98. The van der Waals surface area contributed by atoms with Gasteiger partial charge in [-0.25, -0.2) is 0 Å². The van der Waals surface area contributed by atoms with Crippen LogP contribution in [0.3, 0.4) is 0 Å². The number of nitrogens with one attached hydrogen (secondary N) is 1. The Morgan fingerprint density at radius 1 is 1.10 bits per heavy atom. The standard InChI is InChI=1S/C17H12N2O/c1-11-5-4-6-12(9-11)16-14(10-18)17(20)13-7-2-3-8-15(13)19-16/h2-9H,1H3,(H,19,20). The molecule has 0 aliphatic carbocycles. The lowest BCUT2D eigenvalue weighted by molar-refractivity contribution is 1.33. The van der Waals surface area contributed by atoms with E-state index in [9.17, 15) is 10.1 Å².